The molecule has 0 fully saturated rings. The number of benzene rings is 2. The van der Waals surface area contributed by atoms with Crippen LogP contribution >= 0.6 is 0 Å². The molecule has 0 aliphatic carbocycles. The highest BCUT2D eigenvalue weighted by Crippen LogP contribution is 2.29. The van der Waals surface area contributed by atoms with E-state index in [-0.39, 0.29) is 11.4 Å². The van der Waals surface area contributed by atoms with E-state index < -0.39 is 21.0 Å². The average molecular weight is 441 g/mol. The second kappa shape index (κ2) is 10.1. The fraction of sp³-hybridized carbons (Fsp3) is 0.217. The number of nitrogens with one attached hydrogen (secondary N) is 1. The van der Waals surface area contributed by atoms with E-state index in [2.05, 4.69) is 10.3 Å². The van der Waals surface area contributed by atoms with E-state index in [0.717, 1.165) is 0 Å². The summed E-state index contributed by atoms with van der Waals surface area (Å²) in [6.45, 7) is 2.21. The van der Waals surface area contributed by atoms with E-state index in [9.17, 15) is 13.2 Å². The summed E-state index contributed by atoms with van der Waals surface area (Å²) in [5.41, 5.74) is 0.810. The molecule has 1 aromatic heterocycles. The number of pyridine rings is 1. The summed E-state index contributed by atoms with van der Waals surface area (Å²) in [7, 11) is -2.35. The fourth-order valence-electron chi connectivity index (χ4n) is 3.14. The molecule has 1 amide bonds. The fourth-order valence-corrected chi connectivity index (χ4v) is 4.79. The molecule has 0 aliphatic heterocycles. The maximum absolute atomic E-state index is 13.4. The molecule has 162 valence electrons. The van der Waals surface area contributed by atoms with Gasteiger partial charge in [0.25, 0.3) is 5.91 Å². The van der Waals surface area contributed by atoms with Crippen molar-refractivity contribution in [1.82, 2.24) is 10.3 Å². The third kappa shape index (κ3) is 5.21. The van der Waals surface area contributed by atoms with E-state index in [0.29, 0.717) is 29.2 Å². The molecule has 2 aromatic carbocycles. The third-order valence-electron chi connectivity index (χ3n) is 4.69. The van der Waals surface area contributed by atoms with E-state index in [4.69, 9.17) is 9.47 Å². The second-order valence-electron chi connectivity index (χ2n) is 6.63. The predicted molar refractivity (Wildman–Crippen MR) is 117 cm³/mol. The van der Waals surface area contributed by atoms with Crippen LogP contribution in [-0.4, -0.2) is 39.6 Å². The van der Waals surface area contributed by atoms with Crippen LogP contribution in [-0.2, 0) is 9.84 Å². The molecule has 0 bridgehead atoms. The van der Waals surface area contributed by atoms with Crippen molar-refractivity contribution in [2.75, 3.05) is 20.3 Å². The lowest BCUT2D eigenvalue weighted by atomic mass is 10.1. The largest absolute Gasteiger partial charge is 0.496 e. The number of hydrogen-bond acceptors (Lipinski definition) is 6. The molecule has 0 aliphatic rings. The van der Waals surface area contributed by atoms with Crippen molar-refractivity contribution >= 4 is 15.7 Å². The van der Waals surface area contributed by atoms with Crippen molar-refractivity contribution in [2.24, 2.45) is 0 Å². The maximum atomic E-state index is 13.4. The zero-order chi connectivity index (χ0) is 22.3. The van der Waals surface area contributed by atoms with Crippen LogP contribution in [0.4, 0.5) is 0 Å². The van der Waals surface area contributed by atoms with Crippen LogP contribution < -0.4 is 14.8 Å². The summed E-state index contributed by atoms with van der Waals surface area (Å²) >= 11 is 0. The van der Waals surface area contributed by atoms with Gasteiger partial charge in [-0.05, 0) is 55.0 Å². The van der Waals surface area contributed by atoms with Gasteiger partial charge in [-0.2, -0.15) is 0 Å². The van der Waals surface area contributed by atoms with Gasteiger partial charge in [0, 0.05) is 18.9 Å². The van der Waals surface area contributed by atoms with Gasteiger partial charge in [0.2, 0.25) is 0 Å². The van der Waals surface area contributed by atoms with E-state index in [1.807, 2.05) is 6.92 Å². The summed E-state index contributed by atoms with van der Waals surface area (Å²) < 4.78 is 37.5. The smallest absolute Gasteiger partial charge is 0.255 e. The number of aromatic nitrogens is 1. The van der Waals surface area contributed by atoms with Gasteiger partial charge in [0.1, 0.15) is 16.7 Å². The number of rotatable bonds is 9. The Morgan fingerprint density at radius 1 is 1.06 bits per heavy atom. The van der Waals surface area contributed by atoms with Gasteiger partial charge in [-0.15, -0.1) is 0 Å². The van der Waals surface area contributed by atoms with Gasteiger partial charge in [-0.1, -0.05) is 18.2 Å². The maximum Gasteiger partial charge on any atom is 0.255 e. The third-order valence-corrected chi connectivity index (χ3v) is 6.81. The van der Waals surface area contributed by atoms with Crippen LogP contribution in [0.5, 0.6) is 11.5 Å². The van der Waals surface area contributed by atoms with Gasteiger partial charge in [0.15, 0.2) is 9.84 Å². The van der Waals surface area contributed by atoms with Crippen molar-refractivity contribution < 1.29 is 22.7 Å². The number of hydrogen-bond donors (Lipinski definition) is 1. The number of para-hydroxylation sites is 1. The molecule has 1 unspecified atom stereocenters. The molecule has 0 saturated heterocycles. The quantitative estimate of drug-likeness (QED) is 0.548. The molecule has 7 nitrogen and oxygen atoms in total. The highest BCUT2D eigenvalue weighted by molar-refractivity contribution is 7.91. The number of amides is 1. The number of ether oxygens (including phenoxy) is 2. The predicted octanol–water partition coefficient (Wildman–Crippen LogP) is 3.43. The Bertz CT molecular complexity index is 1120. The van der Waals surface area contributed by atoms with Gasteiger partial charge < -0.3 is 14.8 Å². The average Bonchev–Trinajstić information content (AvgIpc) is 2.80. The molecule has 0 saturated carbocycles. The van der Waals surface area contributed by atoms with Gasteiger partial charge in [-0.3, -0.25) is 9.78 Å². The topological polar surface area (TPSA) is 94.6 Å². The first-order valence-corrected chi connectivity index (χ1v) is 11.3. The summed E-state index contributed by atoms with van der Waals surface area (Å²) in [5.74, 6) is 0.574. The lowest BCUT2D eigenvalue weighted by Crippen LogP contribution is -2.32. The van der Waals surface area contributed by atoms with E-state index >= 15 is 0 Å². The monoisotopic (exact) mass is 440 g/mol. The standard InChI is InChI=1S/C23H24N2O5S/c1-3-30-18-10-12-19(13-11-18)31(27,28)22(17-7-6-14-24-15-17)16-25-23(26)20-8-4-5-9-21(20)29-2/h4-15,22H,3,16H2,1-2H3,(H,25,26). The molecule has 31 heavy (non-hydrogen) atoms. The summed E-state index contributed by atoms with van der Waals surface area (Å²) in [6, 6.07) is 16.3. The first-order chi connectivity index (χ1) is 15.0. The van der Waals surface area contributed by atoms with Crippen LogP contribution in [0.3, 0.4) is 0 Å². The van der Waals surface area contributed by atoms with Crippen molar-refractivity contribution in [3.05, 3.63) is 84.2 Å². The zero-order valence-electron chi connectivity index (χ0n) is 17.3. The Balaban J connectivity index is 1.89. The Labute approximate surface area is 182 Å². The minimum absolute atomic E-state index is 0.127. The molecule has 1 heterocycles. The first-order valence-electron chi connectivity index (χ1n) is 9.75. The number of carbonyl (C=O) groups is 1. The van der Waals surface area contributed by atoms with Gasteiger partial charge in [-0.25, -0.2) is 8.42 Å². The van der Waals surface area contributed by atoms with Crippen molar-refractivity contribution in [1.29, 1.82) is 0 Å². The molecular formula is C23H24N2O5S. The number of sulfone groups is 1. The number of methoxy groups -OCH3 is 1. The minimum Gasteiger partial charge on any atom is -0.496 e. The van der Waals surface area contributed by atoms with Crippen LogP contribution in [0.25, 0.3) is 0 Å². The van der Waals surface area contributed by atoms with Gasteiger partial charge >= 0.3 is 0 Å². The highest BCUT2D eigenvalue weighted by atomic mass is 32.2. The van der Waals surface area contributed by atoms with Crippen LogP contribution in [0.1, 0.15) is 28.1 Å². The SMILES string of the molecule is CCOc1ccc(S(=O)(=O)C(CNC(=O)c2ccccc2OC)c2cccnc2)cc1. The number of carbonyl (C=O) groups excluding carboxylic acids is 1. The molecule has 3 rings (SSSR count). The Morgan fingerprint density at radius 3 is 2.45 bits per heavy atom. The van der Waals surface area contributed by atoms with Gasteiger partial charge in [0.05, 0.1) is 24.2 Å². The molecule has 1 N–H and O–H groups in total. The molecule has 0 radical (unpaired) electrons. The Hall–Kier alpha value is -3.39. The summed E-state index contributed by atoms with van der Waals surface area (Å²) in [6.07, 6.45) is 3.06. The summed E-state index contributed by atoms with van der Waals surface area (Å²) in [5, 5.41) is 1.71. The lowest BCUT2D eigenvalue weighted by molar-refractivity contribution is 0.0950. The lowest BCUT2D eigenvalue weighted by Gasteiger charge is -2.19. The molecule has 1 atom stereocenters. The zero-order valence-corrected chi connectivity index (χ0v) is 18.1. The molecule has 0 spiro atoms. The Kier molecular flexibility index (Phi) is 7.25. The van der Waals surface area contributed by atoms with Crippen LogP contribution in [0.2, 0.25) is 0 Å². The normalized spacial score (nSPS) is 12.1. The molecule has 3 aromatic rings. The summed E-state index contributed by atoms with van der Waals surface area (Å²) in [4.78, 5) is 16.9. The molecule has 8 heteroatoms. The second-order valence-corrected chi connectivity index (χ2v) is 8.77. The van der Waals surface area contributed by atoms with Crippen molar-refractivity contribution in [3.63, 3.8) is 0 Å². The minimum atomic E-state index is -3.82. The van der Waals surface area contributed by atoms with Crippen LogP contribution in [0.15, 0.2) is 78.0 Å². The number of nitrogens with zero attached hydrogens (tertiary/aromatic N) is 1. The van der Waals surface area contributed by atoms with E-state index in [1.165, 1.54) is 25.4 Å². The van der Waals surface area contributed by atoms with Crippen molar-refractivity contribution in [2.45, 2.75) is 17.1 Å². The van der Waals surface area contributed by atoms with Crippen molar-refractivity contribution in [3.8, 4) is 11.5 Å². The molecular weight excluding hydrogens is 416 g/mol. The first kappa shape index (κ1) is 22.3. The Morgan fingerprint density at radius 2 is 1.81 bits per heavy atom. The van der Waals surface area contributed by atoms with E-state index in [1.54, 1.807) is 54.7 Å². The highest BCUT2D eigenvalue weighted by Gasteiger charge is 2.30. The van der Waals surface area contributed by atoms with Crippen LogP contribution in [0, 0.1) is 0 Å².